The molecule has 1 atom stereocenters. The van der Waals surface area contributed by atoms with Gasteiger partial charge in [0.1, 0.15) is 0 Å². The van der Waals surface area contributed by atoms with Crippen molar-refractivity contribution in [2.24, 2.45) is 0 Å². The van der Waals surface area contributed by atoms with Crippen molar-refractivity contribution < 1.29 is 28.4 Å². The van der Waals surface area contributed by atoms with Crippen molar-refractivity contribution in [3.63, 3.8) is 0 Å². The molecule has 1 unspecified atom stereocenters. The Morgan fingerprint density at radius 2 is 1.78 bits per heavy atom. The number of anilines is 1. The molecule has 0 amide bonds. The number of benzene rings is 2. The Morgan fingerprint density at radius 1 is 1.19 bits per heavy atom. The summed E-state index contributed by atoms with van der Waals surface area (Å²) in [6.07, 6.45) is 1.34. The molecule has 10 heteroatoms. The maximum absolute atomic E-state index is 11.9. The van der Waals surface area contributed by atoms with E-state index in [0.29, 0.717) is 17.9 Å². The molecule has 27 heavy (non-hydrogen) atoms. The molecule has 2 aromatic rings. The summed E-state index contributed by atoms with van der Waals surface area (Å²) in [7, 11) is -6.76. The van der Waals surface area contributed by atoms with Crippen molar-refractivity contribution in [1.82, 2.24) is 0 Å². The third-order valence-electron chi connectivity index (χ3n) is 3.84. The van der Waals surface area contributed by atoms with Crippen LogP contribution in [0.1, 0.15) is 22.3 Å². The van der Waals surface area contributed by atoms with Gasteiger partial charge in [0.15, 0.2) is 0 Å². The number of hydrogen-bond acceptors (Lipinski definition) is 4. The van der Waals surface area contributed by atoms with Crippen LogP contribution in [0.5, 0.6) is 11.5 Å². The van der Waals surface area contributed by atoms with Crippen LogP contribution in [0.2, 0.25) is 0 Å². The molecular formula is C17H23BNO6PS. The first-order chi connectivity index (χ1) is 12.3. The molecule has 146 valence electrons. The number of phenolic OH excluding ortho intramolecular Hbond substituents is 1. The van der Waals surface area contributed by atoms with Crippen LogP contribution in [0.15, 0.2) is 30.3 Å². The Morgan fingerprint density at radius 3 is 2.30 bits per heavy atom. The quantitative estimate of drug-likeness (QED) is 0.315. The standard InChI is InChI=1S/C17H23BNO6PS/c1-11-6-14(25-10-26(21,22)23)7-12(2)15(11)8-13-4-5-17(20)16(9-13)19-27(3,18)24/h4-7,9,18,20H,8,10H2,1-3H3,(H,19,24)(H2,21,22,23). The summed E-state index contributed by atoms with van der Waals surface area (Å²) < 4.78 is 30.7. The molecule has 0 saturated heterocycles. The minimum atomic E-state index is -4.24. The van der Waals surface area contributed by atoms with Crippen molar-refractivity contribution in [2.75, 3.05) is 17.3 Å². The van der Waals surface area contributed by atoms with Crippen LogP contribution < -0.4 is 9.46 Å². The predicted octanol–water partition coefficient (Wildman–Crippen LogP) is 2.17. The van der Waals surface area contributed by atoms with Crippen molar-refractivity contribution in [2.45, 2.75) is 20.3 Å². The number of nitrogens with one attached hydrogen (secondary N) is 1. The molecule has 0 aliphatic rings. The number of ether oxygens (including phenoxy) is 1. The van der Waals surface area contributed by atoms with Crippen molar-refractivity contribution in [1.29, 1.82) is 0 Å². The molecule has 4 N–H and O–H groups in total. The first kappa shape index (κ1) is 21.5. The summed E-state index contributed by atoms with van der Waals surface area (Å²) in [6, 6.07) is 8.49. The van der Waals surface area contributed by atoms with Crippen LogP contribution in [-0.4, -0.2) is 38.4 Å². The van der Waals surface area contributed by atoms with Gasteiger partial charge >= 0.3 is 145 Å². The zero-order valence-electron chi connectivity index (χ0n) is 15.4. The van der Waals surface area contributed by atoms with Crippen LogP contribution in [0.25, 0.3) is 0 Å². The molecule has 2 aromatic carbocycles. The minimum absolute atomic E-state index is 0.00777. The fraction of sp³-hybridized carbons (Fsp3) is 0.294. The van der Waals surface area contributed by atoms with Crippen LogP contribution in [0.3, 0.4) is 0 Å². The number of hydrogen-bond donors (Lipinski definition) is 4. The molecule has 0 spiro atoms. The van der Waals surface area contributed by atoms with E-state index in [9.17, 15) is 13.9 Å². The number of aromatic hydroxyl groups is 1. The SMILES string of the molecule is B=S(C)(=O)Nc1cc(Cc2c(C)cc(OCP(=O)(O)O)cc2C)ccc1O. The Kier molecular flexibility index (Phi) is 6.42. The molecule has 0 saturated carbocycles. The van der Waals surface area contributed by atoms with E-state index in [4.69, 9.17) is 14.5 Å². The van der Waals surface area contributed by atoms with Crippen molar-refractivity contribution in [3.05, 3.63) is 52.6 Å². The molecule has 7 nitrogen and oxygen atoms in total. The first-order valence-electron chi connectivity index (χ1n) is 8.03. The van der Waals surface area contributed by atoms with Crippen LogP contribution >= 0.6 is 7.60 Å². The van der Waals surface area contributed by atoms with Gasteiger partial charge in [-0.2, -0.15) is 0 Å². The zero-order valence-corrected chi connectivity index (χ0v) is 17.1. The summed E-state index contributed by atoms with van der Waals surface area (Å²) in [5.41, 5.74) is 4.10. The topological polar surface area (TPSA) is 116 Å². The molecule has 0 fully saturated rings. The van der Waals surface area contributed by atoms with Gasteiger partial charge in [-0.1, -0.05) is 0 Å². The van der Waals surface area contributed by atoms with E-state index >= 15 is 0 Å². The Hall–Kier alpha value is -1.80. The molecule has 2 rings (SSSR count). The van der Waals surface area contributed by atoms with Crippen LogP contribution in [-0.2, 0) is 20.5 Å². The average molecular weight is 411 g/mol. The second-order valence-electron chi connectivity index (χ2n) is 6.61. The van der Waals surface area contributed by atoms with E-state index in [1.165, 1.54) is 12.3 Å². The monoisotopic (exact) mass is 411 g/mol. The molecule has 0 heterocycles. The predicted molar refractivity (Wildman–Crippen MR) is 109 cm³/mol. The molecule has 0 bridgehead atoms. The normalized spacial score (nSPS) is 13.8. The van der Waals surface area contributed by atoms with Gasteiger partial charge in [-0.3, -0.25) is 4.57 Å². The average Bonchev–Trinajstić information content (AvgIpc) is 2.50. The van der Waals surface area contributed by atoms with Gasteiger partial charge in [-0.15, -0.1) is 0 Å². The number of aryl methyl sites for hydroxylation is 2. The van der Waals surface area contributed by atoms with E-state index in [1.807, 2.05) is 13.8 Å². The third kappa shape index (κ3) is 6.70. The number of rotatable bonds is 7. The van der Waals surface area contributed by atoms with Gasteiger partial charge in [0.25, 0.3) is 0 Å². The van der Waals surface area contributed by atoms with Crippen LogP contribution in [0.4, 0.5) is 5.69 Å². The van der Waals surface area contributed by atoms with Crippen molar-refractivity contribution in [3.8, 4) is 11.5 Å². The van der Waals surface area contributed by atoms with Gasteiger partial charge in [0, 0.05) is 0 Å². The summed E-state index contributed by atoms with van der Waals surface area (Å²) in [4.78, 5) is 17.9. The molecule has 0 aromatic heterocycles. The second kappa shape index (κ2) is 8.06. The van der Waals surface area contributed by atoms with Crippen LogP contribution in [0, 0.1) is 13.8 Å². The molecule has 0 aliphatic heterocycles. The molecule has 0 aliphatic carbocycles. The molecular weight excluding hydrogens is 388 g/mol. The zero-order chi connectivity index (χ0) is 20.4. The summed E-state index contributed by atoms with van der Waals surface area (Å²) in [5.74, 6) is 0.388. The summed E-state index contributed by atoms with van der Waals surface area (Å²) in [6.45, 7) is 7.31. The second-order valence-corrected chi connectivity index (χ2v) is 10.4. The van der Waals surface area contributed by atoms with Gasteiger partial charge in [0.05, 0.1) is 0 Å². The first-order valence-corrected chi connectivity index (χ1v) is 12.0. The number of phenols is 1. The van der Waals surface area contributed by atoms with E-state index in [0.717, 1.165) is 22.3 Å². The third-order valence-corrected chi connectivity index (χ3v) is 4.95. The maximum atomic E-state index is 11.9. The van der Waals surface area contributed by atoms with Gasteiger partial charge in [0.2, 0.25) is 0 Å². The van der Waals surface area contributed by atoms with Crippen molar-refractivity contribution >= 4 is 29.6 Å². The fourth-order valence-corrected chi connectivity index (χ4v) is 3.63. The van der Waals surface area contributed by atoms with E-state index in [1.54, 1.807) is 24.3 Å². The Labute approximate surface area is 160 Å². The summed E-state index contributed by atoms with van der Waals surface area (Å²) in [5, 5.41) is 9.94. The Bertz CT molecular complexity index is 979. The fourth-order valence-electron chi connectivity index (χ4n) is 2.69. The summed E-state index contributed by atoms with van der Waals surface area (Å²) >= 11 is 0. The Balaban J connectivity index is 2.27. The van der Waals surface area contributed by atoms with Gasteiger partial charge in [-0.05, 0) is 0 Å². The van der Waals surface area contributed by atoms with E-state index < -0.39 is 23.5 Å². The van der Waals surface area contributed by atoms with E-state index in [2.05, 4.69) is 11.4 Å². The molecule has 0 radical (unpaired) electrons. The van der Waals surface area contributed by atoms with Gasteiger partial charge in [-0.25, -0.2) is 0 Å². The van der Waals surface area contributed by atoms with Gasteiger partial charge < -0.3 is 9.79 Å². The van der Waals surface area contributed by atoms with E-state index in [-0.39, 0.29) is 5.75 Å².